The minimum absolute atomic E-state index is 0.00662. The van der Waals surface area contributed by atoms with Crippen LogP contribution in [-0.2, 0) is 11.2 Å². The number of hydrogen-bond donors (Lipinski definition) is 2. The van der Waals surface area contributed by atoms with Crippen LogP contribution in [0, 0.1) is 11.3 Å². The molecule has 0 aliphatic carbocycles. The number of alkyl halides is 2. The summed E-state index contributed by atoms with van der Waals surface area (Å²) in [5.74, 6) is -1.64. The number of nitriles is 1. The van der Waals surface area contributed by atoms with Crippen molar-refractivity contribution in [2.45, 2.75) is 17.9 Å². The molecule has 0 aromatic heterocycles. The molecule has 0 aliphatic heterocycles. The summed E-state index contributed by atoms with van der Waals surface area (Å²) in [6, 6.07) is 4.30. The number of hydrogen-bond acceptors (Lipinski definition) is 4. The summed E-state index contributed by atoms with van der Waals surface area (Å²) in [5.41, 5.74) is -0.195. The zero-order valence-electron chi connectivity index (χ0n) is 8.35. The summed E-state index contributed by atoms with van der Waals surface area (Å²) >= 11 is 3.91. The van der Waals surface area contributed by atoms with Gasteiger partial charge in [-0.25, -0.2) is 0 Å². The Morgan fingerprint density at radius 1 is 1.59 bits per heavy atom. The van der Waals surface area contributed by atoms with E-state index in [1.165, 1.54) is 12.1 Å². The standard InChI is InChI=1S/C10H7F2NO3S/c11-10(12)16-9-5(3-8(14)15)1-2-7(17)6(9)4-13/h1-2,10,17H,3H2,(H,14,15). The van der Waals surface area contributed by atoms with Crippen LogP contribution in [-0.4, -0.2) is 17.7 Å². The molecule has 0 spiro atoms. The summed E-state index contributed by atoms with van der Waals surface area (Å²) in [7, 11) is 0. The number of rotatable bonds is 4. The fraction of sp³-hybridized carbons (Fsp3) is 0.200. The maximum Gasteiger partial charge on any atom is 0.387 e. The Morgan fingerprint density at radius 2 is 2.24 bits per heavy atom. The van der Waals surface area contributed by atoms with E-state index in [1.54, 1.807) is 6.07 Å². The highest BCUT2D eigenvalue weighted by Gasteiger charge is 2.18. The number of thiol groups is 1. The van der Waals surface area contributed by atoms with Crippen molar-refractivity contribution in [3.63, 3.8) is 0 Å². The van der Waals surface area contributed by atoms with Crippen LogP contribution in [0.15, 0.2) is 17.0 Å². The first-order valence-electron chi connectivity index (χ1n) is 4.37. The van der Waals surface area contributed by atoms with Crippen LogP contribution in [0.2, 0.25) is 0 Å². The maximum absolute atomic E-state index is 12.2. The van der Waals surface area contributed by atoms with Crippen molar-refractivity contribution in [1.29, 1.82) is 5.26 Å². The zero-order chi connectivity index (χ0) is 13.0. The van der Waals surface area contributed by atoms with Gasteiger partial charge in [0, 0.05) is 10.5 Å². The van der Waals surface area contributed by atoms with Crippen LogP contribution in [0.5, 0.6) is 5.75 Å². The van der Waals surface area contributed by atoms with E-state index in [-0.39, 0.29) is 16.0 Å². The number of carboxylic acid groups (broad SMARTS) is 1. The van der Waals surface area contributed by atoms with Crippen molar-refractivity contribution < 1.29 is 23.4 Å². The van der Waals surface area contributed by atoms with E-state index in [0.717, 1.165) is 0 Å². The number of carboxylic acids is 1. The van der Waals surface area contributed by atoms with Gasteiger partial charge in [0.1, 0.15) is 17.4 Å². The summed E-state index contributed by atoms with van der Waals surface area (Å²) in [6.07, 6.45) is -0.509. The third-order valence-corrected chi connectivity index (χ3v) is 2.25. The van der Waals surface area contributed by atoms with Gasteiger partial charge in [0.25, 0.3) is 0 Å². The van der Waals surface area contributed by atoms with E-state index >= 15 is 0 Å². The van der Waals surface area contributed by atoms with E-state index in [0.29, 0.717) is 0 Å². The number of benzene rings is 1. The van der Waals surface area contributed by atoms with E-state index in [1.807, 2.05) is 0 Å². The predicted molar refractivity (Wildman–Crippen MR) is 56.4 cm³/mol. The van der Waals surface area contributed by atoms with Crippen molar-refractivity contribution >= 4 is 18.6 Å². The SMILES string of the molecule is N#Cc1c(S)ccc(CC(=O)O)c1OC(F)F. The van der Waals surface area contributed by atoms with E-state index in [4.69, 9.17) is 10.4 Å². The number of halogens is 2. The molecule has 17 heavy (non-hydrogen) atoms. The molecule has 1 rings (SSSR count). The number of carbonyl (C=O) groups is 1. The summed E-state index contributed by atoms with van der Waals surface area (Å²) in [4.78, 5) is 10.7. The topological polar surface area (TPSA) is 70.3 Å². The highest BCUT2D eigenvalue weighted by molar-refractivity contribution is 7.80. The lowest BCUT2D eigenvalue weighted by molar-refractivity contribution is -0.136. The number of ether oxygens (including phenoxy) is 1. The van der Waals surface area contributed by atoms with Crippen LogP contribution < -0.4 is 4.74 Å². The van der Waals surface area contributed by atoms with Crippen molar-refractivity contribution in [1.82, 2.24) is 0 Å². The molecule has 0 saturated heterocycles. The Labute approximate surface area is 101 Å². The van der Waals surface area contributed by atoms with E-state index < -0.39 is 24.8 Å². The van der Waals surface area contributed by atoms with Gasteiger partial charge in [0.05, 0.1) is 6.42 Å². The van der Waals surface area contributed by atoms with Crippen molar-refractivity contribution in [3.8, 4) is 11.8 Å². The fourth-order valence-electron chi connectivity index (χ4n) is 1.25. The molecule has 0 bridgehead atoms. The summed E-state index contributed by atoms with van der Waals surface area (Å²) < 4.78 is 28.5. The summed E-state index contributed by atoms with van der Waals surface area (Å²) in [6.45, 7) is -3.13. The molecule has 4 nitrogen and oxygen atoms in total. The van der Waals surface area contributed by atoms with Gasteiger partial charge in [-0.2, -0.15) is 14.0 Å². The van der Waals surface area contributed by atoms with Crippen molar-refractivity contribution in [2.75, 3.05) is 0 Å². The lowest BCUT2D eigenvalue weighted by atomic mass is 10.1. The molecule has 0 atom stereocenters. The Bertz CT molecular complexity index is 485. The number of aliphatic carboxylic acids is 1. The molecule has 0 heterocycles. The minimum Gasteiger partial charge on any atom is -0.481 e. The lowest BCUT2D eigenvalue weighted by Crippen LogP contribution is -2.09. The summed E-state index contributed by atoms with van der Waals surface area (Å²) in [5, 5.41) is 17.4. The molecule has 0 aliphatic rings. The second kappa shape index (κ2) is 5.50. The van der Waals surface area contributed by atoms with Gasteiger partial charge >= 0.3 is 12.6 Å². The van der Waals surface area contributed by atoms with Gasteiger partial charge in [-0.15, -0.1) is 12.6 Å². The molecule has 0 amide bonds. The van der Waals surface area contributed by atoms with Gasteiger partial charge in [-0.3, -0.25) is 4.79 Å². The van der Waals surface area contributed by atoms with Crippen LogP contribution in [0.4, 0.5) is 8.78 Å². The van der Waals surface area contributed by atoms with Gasteiger partial charge in [-0.1, -0.05) is 6.07 Å². The predicted octanol–water partition coefficient (Wildman–Crippen LogP) is 2.08. The highest BCUT2D eigenvalue weighted by Crippen LogP contribution is 2.30. The van der Waals surface area contributed by atoms with Gasteiger partial charge in [0.2, 0.25) is 0 Å². The van der Waals surface area contributed by atoms with E-state index in [9.17, 15) is 13.6 Å². The Kier molecular flexibility index (Phi) is 4.29. The molecule has 0 saturated carbocycles. The molecule has 0 unspecified atom stereocenters. The Morgan fingerprint density at radius 3 is 2.71 bits per heavy atom. The molecule has 0 fully saturated rings. The average molecular weight is 259 g/mol. The lowest BCUT2D eigenvalue weighted by Gasteiger charge is -2.12. The third-order valence-electron chi connectivity index (χ3n) is 1.88. The second-order valence-corrected chi connectivity index (χ2v) is 3.49. The first-order chi connectivity index (χ1) is 7.95. The van der Waals surface area contributed by atoms with Crippen LogP contribution >= 0.6 is 12.6 Å². The van der Waals surface area contributed by atoms with Gasteiger partial charge < -0.3 is 9.84 Å². The third kappa shape index (κ3) is 3.32. The fourth-order valence-corrected chi connectivity index (χ4v) is 1.48. The van der Waals surface area contributed by atoms with Gasteiger partial charge in [0.15, 0.2) is 0 Å². The second-order valence-electron chi connectivity index (χ2n) is 3.01. The minimum atomic E-state index is -3.13. The highest BCUT2D eigenvalue weighted by atomic mass is 32.1. The Balaban J connectivity index is 3.30. The average Bonchev–Trinajstić information content (AvgIpc) is 2.21. The van der Waals surface area contributed by atoms with Gasteiger partial charge in [-0.05, 0) is 6.07 Å². The molecule has 0 radical (unpaired) electrons. The molecular weight excluding hydrogens is 252 g/mol. The first kappa shape index (κ1) is 13.3. The monoisotopic (exact) mass is 259 g/mol. The normalized spacial score (nSPS) is 10.1. The van der Waals surface area contributed by atoms with Crippen LogP contribution in [0.3, 0.4) is 0 Å². The molecule has 1 aromatic carbocycles. The van der Waals surface area contributed by atoms with Crippen LogP contribution in [0.1, 0.15) is 11.1 Å². The molecule has 7 heteroatoms. The van der Waals surface area contributed by atoms with Crippen molar-refractivity contribution in [3.05, 3.63) is 23.3 Å². The quantitative estimate of drug-likeness (QED) is 0.812. The molecule has 1 N–H and O–H groups in total. The number of nitrogens with zero attached hydrogens (tertiary/aromatic N) is 1. The molecule has 1 aromatic rings. The first-order valence-corrected chi connectivity index (χ1v) is 4.82. The van der Waals surface area contributed by atoms with Crippen LogP contribution in [0.25, 0.3) is 0 Å². The maximum atomic E-state index is 12.2. The Hall–Kier alpha value is -1.81. The zero-order valence-corrected chi connectivity index (χ0v) is 9.25. The molecular formula is C10H7F2NO3S. The molecule has 90 valence electrons. The smallest absolute Gasteiger partial charge is 0.387 e. The van der Waals surface area contributed by atoms with Crippen molar-refractivity contribution in [2.24, 2.45) is 0 Å². The van der Waals surface area contributed by atoms with E-state index in [2.05, 4.69) is 17.4 Å². The largest absolute Gasteiger partial charge is 0.481 e.